The van der Waals surface area contributed by atoms with Crippen LogP contribution in [0.15, 0.2) is 65.7 Å². The molecule has 0 aliphatic carbocycles. The molecule has 0 bridgehead atoms. The standard InChI is InChI=1S/C45H43N9O5/c1-26-20-32-37(52(2)45(26)58)22-30(28-14-18-59-19-15-28)23-38(32)54-17-5-7-34-39(54)25-48-42(49-34)29-9-11-35(47-24-29)44(57)46-16-4-6-27-8-12-36-33(21-27)41(51-53(36)3)31-10-13-40(55)50-43(31)56/h8-9,11-12,20-25,28,31H,5,7,10,13-19H2,1-3H3,(H,46,57)(H,50,55,56). The number of imide groups is 1. The number of aryl methyl sites for hydroxylation is 4. The van der Waals surface area contributed by atoms with E-state index in [9.17, 15) is 19.2 Å². The number of hydrogen-bond donors (Lipinski definition) is 2. The van der Waals surface area contributed by atoms with Crippen molar-refractivity contribution in [2.45, 2.75) is 57.3 Å². The summed E-state index contributed by atoms with van der Waals surface area (Å²) in [7, 11) is 3.66. The highest BCUT2D eigenvalue weighted by atomic mass is 16.5. The molecule has 6 aromatic rings. The summed E-state index contributed by atoms with van der Waals surface area (Å²) >= 11 is 0. The Bertz CT molecular complexity index is 2810. The fourth-order valence-electron chi connectivity index (χ4n) is 8.55. The lowest BCUT2D eigenvalue weighted by Crippen LogP contribution is -2.39. The van der Waals surface area contributed by atoms with E-state index in [4.69, 9.17) is 14.7 Å². The van der Waals surface area contributed by atoms with Crippen LogP contribution in [0.4, 0.5) is 11.4 Å². The van der Waals surface area contributed by atoms with Gasteiger partial charge in [0.1, 0.15) is 5.69 Å². The number of ether oxygens (including phenoxy) is 1. The Morgan fingerprint density at radius 2 is 1.78 bits per heavy atom. The van der Waals surface area contributed by atoms with E-state index in [1.807, 2.05) is 51.5 Å². The fourth-order valence-corrected chi connectivity index (χ4v) is 8.55. The van der Waals surface area contributed by atoms with Crippen LogP contribution in [0.2, 0.25) is 0 Å². The van der Waals surface area contributed by atoms with Crippen LogP contribution < -0.4 is 21.1 Å². The maximum absolute atomic E-state index is 13.0. The Labute approximate surface area is 340 Å². The third-order valence-corrected chi connectivity index (χ3v) is 11.7. The largest absolute Gasteiger partial charge is 0.381 e. The van der Waals surface area contributed by atoms with Gasteiger partial charge in [-0.05, 0) is 99.0 Å². The second-order valence-electron chi connectivity index (χ2n) is 15.5. The van der Waals surface area contributed by atoms with E-state index in [1.165, 1.54) is 5.56 Å². The topological polar surface area (TPSA) is 166 Å². The molecule has 2 N–H and O–H groups in total. The number of rotatable bonds is 6. The molecular weight excluding hydrogens is 747 g/mol. The lowest BCUT2D eigenvalue weighted by molar-refractivity contribution is -0.134. The molecule has 1 unspecified atom stereocenters. The lowest BCUT2D eigenvalue weighted by Gasteiger charge is -2.33. The van der Waals surface area contributed by atoms with Gasteiger partial charge < -0.3 is 19.5 Å². The van der Waals surface area contributed by atoms with Crippen molar-refractivity contribution in [2.75, 3.05) is 31.2 Å². The molecule has 2 fully saturated rings. The minimum atomic E-state index is -0.511. The minimum absolute atomic E-state index is 0.00476. The molecule has 0 spiro atoms. The summed E-state index contributed by atoms with van der Waals surface area (Å²) in [4.78, 5) is 66.8. The first kappa shape index (κ1) is 37.8. The number of nitrogens with one attached hydrogen (secondary N) is 2. The first-order valence-corrected chi connectivity index (χ1v) is 20.0. The lowest BCUT2D eigenvalue weighted by atomic mass is 9.89. The number of hydrogen-bond acceptors (Lipinski definition) is 10. The van der Waals surface area contributed by atoms with E-state index >= 15 is 0 Å². The van der Waals surface area contributed by atoms with E-state index in [-0.39, 0.29) is 41.9 Å². The van der Waals surface area contributed by atoms with Gasteiger partial charge in [0.2, 0.25) is 11.8 Å². The van der Waals surface area contributed by atoms with E-state index in [2.05, 4.69) is 49.6 Å². The van der Waals surface area contributed by atoms with Crippen molar-refractivity contribution in [3.8, 4) is 23.2 Å². The summed E-state index contributed by atoms with van der Waals surface area (Å²) in [5.41, 5.74) is 8.88. The molecular formula is C45H43N9O5. The van der Waals surface area contributed by atoms with Crippen LogP contribution in [-0.4, -0.2) is 73.3 Å². The summed E-state index contributed by atoms with van der Waals surface area (Å²) in [6.07, 6.45) is 7.74. The van der Waals surface area contributed by atoms with Gasteiger partial charge in [-0.2, -0.15) is 5.10 Å². The predicted octanol–water partition coefficient (Wildman–Crippen LogP) is 4.87. The quantitative estimate of drug-likeness (QED) is 0.176. The molecule has 3 aliphatic rings. The number of carbonyl (C=O) groups is 3. The number of piperidine rings is 1. The SMILES string of the molecule is Cc1cc2c(N3CCCc4nc(-c5ccc(C(=O)NCC#Cc6ccc7c(c6)c(C6CCC(=O)NC6=O)nn7C)nc5)ncc43)cc(C3CCOCC3)cc2n(C)c1=O. The molecule has 59 heavy (non-hydrogen) atoms. The molecule has 7 heterocycles. The van der Waals surface area contributed by atoms with Gasteiger partial charge in [-0.15, -0.1) is 0 Å². The van der Waals surface area contributed by atoms with Crippen molar-refractivity contribution in [3.63, 3.8) is 0 Å². The number of pyridine rings is 2. The Morgan fingerprint density at radius 1 is 0.932 bits per heavy atom. The number of aromatic nitrogens is 6. The van der Waals surface area contributed by atoms with Gasteiger partial charge in [-0.1, -0.05) is 11.8 Å². The molecule has 298 valence electrons. The van der Waals surface area contributed by atoms with Crippen LogP contribution in [0.3, 0.4) is 0 Å². The van der Waals surface area contributed by atoms with Gasteiger partial charge in [0, 0.05) is 73.9 Å². The van der Waals surface area contributed by atoms with Gasteiger partial charge in [0.25, 0.3) is 11.5 Å². The zero-order valence-electron chi connectivity index (χ0n) is 33.2. The molecule has 3 amide bonds. The van der Waals surface area contributed by atoms with Crippen molar-refractivity contribution in [1.82, 2.24) is 39.9 Å². The van der Waals surface area contributed by atoms with Gasteiger partial charge in [0.05, 0.1) is 52.5 Å². The molecule has 0 saturated carbocycles. The summed E-state index contributed by atoms with van der Waals surface area (Å²) in [5.74, 6) is 5.49. The molecule has 3 aliphatic heterocycles. The fraction of sp³-hybridized carbons (Fsp3) is 0.333. The average Bonchev–Trinajstić information content (AvgIpc) is 3.58. The second-order valence-corrected chi connectivity index (χ2v) is 15.5. The van der Waals surface area contributed by atoms with E-state index in [0.717, 1.165) is 84.3 Å². The number of amides is 3. The maximum Gasteiger partial charge on any atom is 0.270 e. The van der Waals surface area contributed by atoms with Crippen molar-refractivity contribution in [1.29, 1.82) is 0 Å². The third-order valence-electron chi connectivity index (χ3n) is 11.7. The summed E-state index contributed by atoms with van der Waals surface area (Å²) < 4.78 is 9.15. The third kappa shape index (κ3) is 7.23. The van der Waals surface area contributed by atoms with Crippen LogP contribution in [0.5, 0.6) is 0 Å². The first-order chi connectivity index (χ1) is 28.6. The Balaban J connectivity index is 0.903. The number of fused-ring (bicyclic) bond motifs is 3. The number of carbonyl (C=O) groups excluding carboxylic acids is 3. The molecule has 2 saturated heterocycles. The monoisotopic (exact) mass is 789 g/mol. The van der Waals surface area contributed by atoms with Crippen LogP contribution in [-0.2, 0) is 34.8 Å². The Hall–Kier alpha value is -6.72. The summed E-state index contributed by atoms with van der Waals surface area (Å²) in [6, 6.07) is 15.6. The molecule has 9 rings (SSSR count). The summed E-state index contributed by atoms with van der Waals surface area (Å²) in [5, 5.41) is 11.6. The van der Waals surface area contributed by atoms with Crippen LogP contribution in [0.25, 0.3) is 33.2 Å². The van der Waals surface area contributed by atoms with Crippen LogP contribution >= 0.6 is 0 Å². The van der Waals surface area contributed by atoms with Crippen LogP contribution in [0.1, 0.15) is 82.5 Å². The van der Waals surface area contributed by atoms with Crippen molar-refractivity contribution < 1.29 is 19.1 Å². The number of nitrogens with zero attached hydrogens (tertiary/aromatic N) is 7. The van der Waals surface area contributed by atoms with Gasteiger partial charge in [-0.25, -0.2) is 9.97 Å². The second kappa shape index (κ2) is 15.6. The number of benzene rings is 2. The average molecular weight is 790 g/mol. The van der Waals surface area contributed by atoms with Crippen LogP contribution in [0, 0.1) is 18.8 Å². The van der Waals surface area contributed by atoms with E-state index < -0.39 is 5.92 Å². The van der Waals surface area contributed by atoms with Gasteiger partial charge >= 0.3 is 0 Å². The van der Waals surface area contributed by atoms with Crippen molar-refractivity contribution in [2.24, 2.45) is 14.1 Å². The predicted molar refractivity (Wildman–Crippen MR) is 222 cm³/mol. The molecule has 14 nitrogen and oxygen atoms in total. The highest BCUT2D eigenvalue weighted by molar-refractivity contribution is 6.02. The van der Waals surface area contributed by atoms with Gasteiger partial charge in [-0.3, -0.25) is 34.2 Å². The maximum atomic E-state index is 13.0. The number of anilines is 2. The minimum Gasteiger partial charge on any atom is -0.381 e. The van der Waals surface area contributed by atoms with Gasteiger partial charge in [0.15, 0.2) is 5.82 Å². The molecule has 0 radical (unpaired) electrons. The highest BCUT2D eigenvalue weighted by Crippen LogP contribution is 2.40. The Kier molecular flexibility index (Phi) is 9.98. The Morgan fingerprint density at radius 3 is 2.58 bits per heavy atom. The summed E-state index contributed by atoms with van der Waals surface area (Å²) in [6.45, 7) is 4.22. The highest BCUT2D eigenvalue weighted by Gasteiger charge is 2.32. The zero-order valence-corrected chi connectivity index (χ0v) is 33.2. The van der Waals surface area contributed by atoms with E-state index in [0.29, 0.717) is 40.5 Å². The molecule has 4 aromatic heterocycles. The van der Waals surface area contributed by atoms with Crippen molar-refractivity contribution in [3.05, 3.63) is 105 Å². The smallest absolute Gasteiger partial charge is 0.270 e. The molecule has 1 atom stereocenters. The molecule has 14 heteroatoms. The van der Waals surface area contributed by atoms with Crippen molar-refractivity contribution >= 4 is 50.9 Å². The first-order valence-electron chi connectivity index (χ1n) is 20.0. The molecule has 2 aromatic carbocycles. The zero-order chi connectivity index (χ0) is 40.8. The van der Waals surface area contributed by atoms with E-state index in [1.54, 1.807) is 27.6 Å². The normalized spacial score (nSPS) is 17.1.